The van der Waals surface area contributed by atoms with E-state index in [1.54, 1.807) is 7.05 Å². The van der Waals surface area contributed by atoms with E-state index in [2.05, 4.69) is 24.3 Å². The van der Waals surface area contributed by atoms with E-state index < -0.39 is 0 Å². The zero-order chi connectivity index (χ0) is 39.6. The molecule has 0 spiro atoms. The lowest BCUT2D eigenvalue weighted by molar-refractivity contribution is -0.0266. The fourth-order valence-electron chi connectivity index (χ4n) is 5.73. The molecule has 13 nitrogen and oxygen atoms in total. The highest BCUT2D eigenvalue weighted by Crippen LogP contribution is 2.44. The number of fused-ring (bicyclic) bond motifs is 3. The summed E-state index contributed by atoms with van der Waals surface area (Å²) in [5.41, 5.74) is 4.80. The van der Waals surface area contributed by atoms with Crippen LogP contribution in [0.5, 0.6) is 0 Å². The highest BCUT2D eigenvalue weighted by atomic mass is 35.5. The van der Waals surface area contributed by atoms with Crippen LogP contribution in [-0.2, 0) is 52.1 Å². The molecule has 318 valence electrons. The monoisotopic (exact) mass is 811 g/mol. The molecule has 1 amide bonds. The zero-order valence-electron chi connectivity index (χ0n) is 33.5. The third-order valence-corrected chi connectivity index (χ3v) is 9.01. The third-order valence-electron chi connectivity index (χ3n) is 8.74. The van der Waals surface area contributed by atoms with Crippen LogP contribution in [0.15, 0.2) is 48.5 Å². The summed E-state index contributed by atoms with van der Waals surface area (Å²) in [5.74, 6) is 0.778. The number of halogens is 1. The maximum atomic E-state index is 12.6. The topological polar surface area (TPSA) is 122 Å². The number of hydrogen-bond donors (Lipinski definition) is 0. The lowest BCUT2D eigenvalue weighted by Gasteiger charge is -2.19. The highest BCUT2D eigenvalue weighted by Gasteiger charge is 2.29. The second-order valence-corrected chi connectivity index (χ2v) is 13.3. The molecular weight excluding hydrogens is 746 g/mol. The lowest BCUT2D eigenvalue weighted by Crippen LogP contribution is -2.32. The van der Waals surface area contributed by atoms with Crippen LogP contribution in [0.4, 0.5) is 4.79 Å². The minimum atomic E-state index is -0.363. The highest BCUT2D eigenvalue weighted by molar-refractivity contribution is 6.17. The molecule has 0 atom stereocenters. The number of benzene rings is 2. The molecule has 0 unspecified atom stereocenters. The van der Waals surface area contributed by atoms with Crippen molar-refractivity contribution in [1.29, 1.82) is 0 Å². The molecule has 0 saturated heterocycles. The Morgan fingerprint density at radius 1 is 0.482 bits per heavy atom. The largest absolute Gasteiger partial charge is 0.448 e. The molecule has 0 heterocycles. The molecule has 0 aromatic heterocycles. The number of rotatable bonds is 38. The SMILES string of the molecule is CN(CCOCCOCCOCCOCCOCCOCCOCCOCCOCCOCCCCCCCl)C(=O)OCC1c2ccccc2-c2ccccc21. The summed E-state index contributed by atoms with van der Waals surface area (Å²) in [6.07, 6.45) is 4.12. The summed E-state index contributed by atoms with van der Waals surface area (Å²) in [6, 6.07) is 16.6. The first-order chi connectivity index (χ1) is 27.7. The summed E-state index contributed by atoms with van der Waals surface area (Å²) in [6.45, 7) is 11.0. The molecule has 0 saturated carbocycles. The fraction of sp³-hybridized carbons (Fsp3) is 0.690. The van der Waals surface area contributed by atoms with Crippen LogP contribution in [0.25, 0.3) is 11.1 Å². The van der Waals surface area contributed by atoms with Gasteiger partial charge in [0.05, 0.1) is 126 Å². The number of hydrogen-bond acceptors (Lipinski definition) is 12. The Kier molecular flexibility index (Phi) is 28.7. The first kappa shape index (κ1) is 48.0. The second kappa shape index (κ2) is 33.6. The quantitative estimate of drug-likeness (QED) is 0.0599. The maximum absolute atomic E-state index is 12.6. The summed E-state index contributed by atoms with van der Waals surface area (Å²) in [5, 5.41) is 0. The average molecular weight is 812 g/mol. The number of likely N-dealkylation sites (N-methyl/N-ethyl adjacent to an activating group) is 1. The third kappa shape index (κ3) is 21.9. The first-order valence-electron chi connectivity index (χ1n) is 20.1. The van der Waals surface area contributed by atoms with Gasteiger partial charge in [-0.3, -0.25) is 0 Å². The predicted molar refractivity (Wildman–Crippen MR) is 215 cm³/mol. The Bertz CT molecular complexity index is 1200. The van der Waals surface area contributed by atoms with E-state index in [-0.39, 0.29) is 12.0 Å². The normalized spacial score (nSPS) is 12.2. The van der Waals surface area contributed by atoms with Crippen LogP contribution in [0.1, 0.15) is 42.7 Å². The Hall–Kier alpha value is -2.40. The van der Waals surface area contributed by atoms with Crippen LogP contribution >= 0.6 is 11.6 Å². The van der Waals surface area contributed by atoms with Gasteiger partial charge in [0.25, 0.3) is 0 Å². The van der Waals surface area contributed by atoms with Gasteiger partial charge in [0.15, 0.2) is 0 Å². The van der Waals surface area contributed by atoms with Gasteiger partial charge in [0, 0.05) is 32.0 Å². The van der Waals surface area contributed by atoms with Gasteiger partial charge in [0.2, 0.25) is 0 Å². The van der Waals surface area contributed by atoms with Gasteiger partial charge in [0.1, 0.15) is 6.61 Å². The van der Waals surface area contributed by atoms with Crippen molar-refractivity contribution in [3.63, 3.8) is 0 Å². The number of ether oxygens (including phenoxy) is 11. The smallest absolute Gasteiger partial charge is 0.409 e. The first-order valence-corrected chi connectivity index (χ1v) is 20.6. The number of carbonyl (C=O) groups excluding carboxylic acids is 1. The summed E-state index contributed by atoms with van der Waals surface area (Å²) >= 11 is 5.66. The van der Waals surface area contributed by atoms with Gasteiger partial charge >= 0.3 is 6.09 Å². The molecule has 2 aromatic carbocycles. The van der Waals surface area contributed by atoms with E-state index in [1.165, 1.54) is 33.6 Å². The minimum Gasteiger partial charge on any atom is -0.448 e. The second-order valence-electron chi connectivity index (χ2n) is 13.0. The van der Waals surface area contributed by atoms with E-state index in [0.717, 1.165) is 31.7 Å². The van der Waals surface area contributed by atoms with E-state index in [0.29, 0.717) is 139 Å². The van der Waals surface area contributed by atoms with Crippen molar-refractivity contribution in [2.24, 2.45) is 0 Å². The predicted octanol–water partition coefficient (Wildman–Crippen LogP) is 5.83. The molecule has 0 aliphatic heterocycles. The van der Waals surface area contributed by atoms with Crippen LogP contribution in [0.3, 0.4) is 0 Å². The van der Waals surface area contributed by atoms with Gasteiger partial charge < -0.3 is 57.0 Å². The standard InChI is InChI=1S/C42H66ClNO12/c1-44(42(45)56-36-41-39-12-6-4-10-37(39)38-11-5-7-13-40(38)41)15-17-47-19-21-49-23-25-51-27-29-53-31-33-55-35-34-54-32-30-52-28-26-50-24-22-48-20-18-46-16-9-3-2-8-14-43/h4-7,10-13,41H,2-3,8-9,14-36H2,1H3. The maximum Gasteiger partial charge on any atom is 0.409 e. The molecule has 56 heavy (non-hydrogen) atoms. The van der Waals surface area contributed by atoms with Gasteiger partial charge in [-0.15, -0.1) is 11.6 Å². The van der Waals surface area contributed by atoms with Crippen molar-refractivity contribution in [1.82, 2.24) is 4.90 Å². The molecule has 0 bridgehead atoms. The summed E-state index contributed by atoms with van der Waals surface area (Å²) in [7, 11) is 1.72. The van der Waals surface area contributed by atoms with Gasteiger partial charge in [-0.25, -0.2) is 4.79 Å². The lowest BCUT2D eigenvalue weighted by atomic mass is 9.98. The molecule has 0 radical (unpaired) electrons. The molecular formula is C42H66ClNO12. The molecule has 14 heteroatoms. The molecule has 3 rings (SSSR count). The Labute approximate surface area is 339 Å². The molecule has 2 aromatic rings. The Morgan fingerprint density at radius 2 is 0.821 bits per heavy atom. The van der Waals surface area contributed by atoms with Crippen LogP contribution in [-0.4, -0.2) is 169 Å². The average Bonchev–Trinajstić information content (AvgIpc) is 3.54. The number of unbranched alkanes of at least 4 members (excludes halogenated alkanes) is 3. The molecule has 0 N–H and O–H groups in total. The number of amides is 1. The van der Waals surface area contributed by atoms with Crippen molar-refractivity contribution in [2.45, 2.75) is 31.6 Å². The molecule has 0 fully saturated rings. The minimum absolute atomic E-state index is 0.0390. The summed E-state index contributed by atoms with van der Waals surface area (Å²) < 4.78 is 61.0. The zero-order valence-corrected chi connectivity index (χ0v) is 34.3. The van der Waals surface area contributed by atoms with E-state index in [4.69, 9.17) is 63.7 Å². The van der Waals surface area contributed by atoms with Crippen molar-refractivity contribution >= 4 is 17.7 Å². The number of nitrogens with zero attached hydrogens (tertiary/aromatic N) is 1. The van der Waals surface area contributed by atoms with Gasteiger partial charge in [-0.1, -0.05) is 61.4 Å². The fourth-order valence-corrected chi connectivity index (χ4v) is 5.92. The molecule has 1 aliphatic rings. The van der Waals surface area contributed by atoms with E-state index >= 15 is 0 Å². The summed E-state index contributed by atoms with van der Waals surface area (Å²) in [4.78, 5) is 14.2. The Balaban J connectivity index is 0.961. The van der Waals surface area contributed by atoms with Crippen molar-refractivity contribution < 1.29 is 56.9 Å². The van der Waals surface area contributed by atoms with Crippen LogP contribution < -0.4 is 0 Å². The van der Waals surface area contributed by atoms with Crippen molar-refractivity contribution in [3.05, 3.63) is 59.7 Å². The van der Waals surface area contributed by atoms with Gasteiger partial charge in [-0.05, 0) is 35.1 Å². The van der Waals surface area contributed by atoms with Crippen molar-refractivity contribution in [3.8, 4) is 11.1 Å². The van der Waals surface area contributed by atoms with E-state index in [1.807, 2.05) is 24.3 Å². The number of alkyl halides is 1. The van der Waals surface area contributed by atoms with Crippen LogP contribution in [0, 0.1) is 0 Å². The molecule has 1 aliphatic carbocycles. The van der Waals surface area contributed by atoms with Crippen LogP contribution in [0.2, 0.25) is 0 Å². The number of carbonyl (C=O) groups is 1. The Morgan fingerprint density at radius 3 is 1.21 bits per heavy atom. The van der Waals surface area contributed by atoms with Gasteiger partial charge in [-0.2, -0.15) is 0 Å². The van der Waals surface area contributed by atoms with Crippen molar-refractivity contribution in [2.75, 3.05) is 158 Å². The van der Waals surface area contributed by atoms with E-state index in [9.17, 15) is 4.79 Å².